The van der Waals surface area contributed by atoms with Gasteiger partial charge in [0.25, 0.3) is 0 Å². The summed E-state index contributed by atoms with van der Waals surface area (Å²) in [6.45, 7) is 10.1. The van der Waals surface area contributed by atoms with Gasteiger partial charge in [0, 0.05) is 61.6 Å². The van der Waals surface area contributed by atoms with Gasteiger partial charge in [-0.15, -0.1) is 0 Å². The van der Waals surface area contributed by atoms with Crippen LogP contribution in [-0.4, -0.2) is 95.3 Å². The molecule has 0 atom stereocenters. The first-order valence-electron chi connectivity index (χ1n) is 11.7. The number of morpholine rings is 1. The third kappa shape index (κ3) is 5.87. The van der Waals surface area contributed by atoms with E-state index in [9.17, 15) is 9.59 Å². The second-order valence-corrected chi connectivity index (χ2v) is 9.17. The summed E-state index contributed by atoms with van der Waals surface area (Å²) in [5.74, 6) is 0.125. The average Bonchev–Trinajstić information content (AvgIpc) is 3.12. The summed E-state index contributed by atoms with van der Waals surface area (Å²) in [7, 11) is 0. The van der Waals surface area contributed by atoms with Gasteiger partial charge in [-0.25, -0.2) is 0 Å². The van der Waals surface area contributed by atoms with Crippen molar-refractivity contribution in [2.45, 2.75) is 20.4 Å². The number of halogens is 1. The van der Waals surface area contributed by atoms with Crippen LogP contribution in [0.3, 0.4) is 0 Å². The predicted octanol–water partition coefficient (Wildman–Crippen LogP) is 2.22. The van der Waals surface area contributed by atoms with Gasteiger partial charge in [0.2, 0.25) is 11.8 Å². The Balaban J connectivity index is 1.31. The van der Waals surface area contributed by atoms with E-state index < -0.39 is 0 Å². The molecular weight excluding hydrogens is 454 g/mol. The number of ether oxygens (including phenoxy) is 1. The molecule has 2 aromatic rings. The zero-order valence-electron chi connectivity index (χ0n) is 19.9. The number of hydrogen-bond acceptors (Lipinski definition) is 5. The molecule has 2 amide bonds. The van der Waals surface area contributed by atoms with Gasteiger partial charge in [0.05, 0.1) is 32.0 Å². The van der Waals surface area contributed by atoms with Crippen molar-refractivity contribution in [3.05, 3.63) is 57.9 Å². The van der Waals surface area contributed by atoms with E-state index in [1.165, 1.54) is 0 Å². The summed E-state index contributed by atoms with van der Waals surface area (Å²) in [4.78, 5) is 31.1. The van der Waals surface area contributed by atoms with Gasteiger partial charge in [0.15, 0.2) is 0 Å². The van der Waals surface area contributed by atoms with Gasteiger partial charge in [-0.3, -0.25) is 19.2 Å². The highest BCUT2D eigenvalue weighted by Crippen LogP contribution is 2.20. The molecule has 3 heterocycles. The van der Waals surface area contributed by atoms with Crippen LogP contribution >= 0.6 is 11.6 Å². The fraction of sp³-hybridized carbons (Fsp3) is 0.480. The van der Waals surface area contributed by atoms with Gasteiger partial charge in [0.1, 0.15) is 0 Å². The number of amides is 2. The van der Waals surface area contributed by atoms with Crippen LogP contribution in [0.15, 0.2) is 30.3 Å². The number of rotatable bonds is 6. The molecule has 2 aliphatic heterocycles. The van der Waals surface area contributed by atoms with Crippen LogP contribution in [0, 0.1) is 13.8 Å². The summed E-state index contributed by atoms with van der Waals surface area (Å²) >= 11 is 6.30. The third-order valence-corrected chi connectivity index (χ3v) is 6.88. The molecule has 1 aromatic heterocycles. The maximum absolute atomic E-state index is 12.8. The number of nitrogens with zero attached hydrogens (tertiary/aromatic N) is 5. The topological polar surface area (TPSA) is 70.9 Å². The molecule has 2 saturated heterocycles. The highest BCUT2D eigenvalue weighted by Gasteiger charge is 2.24. The molecule has 0 unspecified atom stereocenters. The van der Waals surface area contributed by atoms with E-state index in [2.05, 4.69) is 10.00 Å². The third-order valence-electron chi connectivity index (χ3n) is 6.51. The van der Waals surface area contributed by atoms with E-state index in [0.717, 1.165) is 22.5 Å². The number of carbonyl (C=O) groups is 2. The van der Waals surface area contributed by atoms with Crippen molar-refractivity contribution in [2.24, 2.45) is 0 Å². The monoisotopic (exact) mass is 485 g/mol. The molecule has 9 heteroatoms. The lowest BCUT2D eigenvalue weighted by Gasteiger charge is -2.35. The van der Waals surface area contributed by atoms with Crippen molar-refractivity contribution in [1.82, 2.24) is 24.5 Å². The van der Waals surface area contributed by atoms with E-state index in [1.807, 2.05) is 58.7 Å². The first kappa shape index (κ1) is 24.4. The molecule has 2 fully saturated rings. The van der Waals surface area contributed by atoms with Crippen LogP contribution in [0.1, 0.15) is 22.5 Å². The van der Waals surface area contributed by atoms with E-state index in [1.54, 1.807) is 6.08 Å². The van der Waals surface area contributed by atoms with Crippen LogP contribution in [0.4, 0.5) is 0 Å². The molecule has 182 valence electrons. The number of aryl methyl sites for hydroxylation is 1. The van der Waals surface area contributed by atoms with Gasteiger partial charge in [-0.2, -0.15) is 5.10 Å². The van der Waals surface area contributed by atoms with Crippen molar-refractivity contribution < 1.29 is 14.3 Å². The minimum absolute atomic E-state index is 0.0168. The molecule has 8 nitrogen and oxygen atoms in total. The molecule has 1 aromatic carbocycles. The molecule has 0 spiro atoms. The van der Waals surface area contributed by atoms with Gasteiger partial charge in [-0.05, 0) is 31.6 Å². The fourth-order valence-electron chi connectivity index (χ4n) is 4.38. The molecule has 0 N–H and O–H groups in total. The minimum atomic E-state index is -0.0168. The van der Waals surface area contributed by atoms with Crippen molar-refractivity contribution in [2.75, 3.05) is 59.0 Å². The lowest BCUT2D eigenvalue weighted by molar-refractivity contribution is -0.137. The van der Waals surface area contributed by atoms with Gasteiger partial charge in [-0.1, -0.05) is 29.8 Å². The lowest BCUT2D eigenvalue weighted by atomic mass is 10.1. The molecule has 34 heavy (non-hydrogen) atoms. The second kappa shape index (κ2) is 11.2. The summed E-state index contributed by atoms with van der Waals surface area (Å²) in [5.41, 5.74) is 3.83. The minimum Gasteiger partial charge on any atom is -0.378 e. The second-order valence-electron chi connectivity index (χ2n) is 8.76. The van der Waals surface area contributed by atoms with Crippen molar-refractivity contribution in [3.63, 3.8) is 0 Å². The van der Waals surface area contributed by atoms with E-state index >= 15 is 0 Å². The normalized spacial score (nSPS) is 17.5. The Labute approximate surface area is 205 Å². The zero-order chi connectivity index (χ0) is 24.1. The van der Waals surface area contributed by atoms with Crippen molar-refractivity contribution >= 4 is 29.5 Å². The quantitative estimate of drug-likeness (QED) is 0.587. The highest BCUT2D eigenvalue weighted by atomic mass is 35.5. The Morgan fingerprint density at radius 1 is 1.03 bits per heavy atom. The lowest BCUT2D eigenvalue weighted by Crippen LogP contribution is -2.52. The predicted molar refractivity (Wildman–Crippen MR) is 132 cm³/mol. The first-order valence-corrected chi connectivity index (χ1v) is 12.1. The van der Waals surface area contributed by atoms with Crippen LogP contribution in [0.5, 0.6) is 0 Å². The molecule has 0 bridgehead atoms. The standard InChI is InChI=1S/C25H32ClN5O3/c1-19-22(20(2)31(27-19)17-21-5-3-4-6-23(21)26)7-8-24(32)29-11-9-28(10-12-29)18-25(33)30-13-15-34-16-14-30/h3-8H,9-18H2,1-2H3. The van der Waals surface area contributed by atoms with E-state index in [4.69, 9.17) is 16.3 Å². The number of aromatic nitrogens is 2. The summed E-state index contributed by atoms with van der Waals surface area (Å²) in [6, 6.07) is 7.74. The van der Waals surface area contributed by atoms with Crippen LogP contribution in [-0.2, 0) is 20.9 Å². The van der Waals surface area contributed by atoms with E-state index in [0.29, 0.717) is 70.6 Å². The maximum atomic E-state index is 12.8. The number of carbonyl (C=O) groups excluding carboxylic acids is 2. The molecule has 4 rings (SSSR count). The van der Waals surface area contributed by atoms with Crippen LogP contribution < -0.4 is 0 Å². The van der Waals surface area contributed by atoms with Crippen molar-refractivity contribution in [3.8, 4) is 0 Å². The molecule has 2 aliphatic rings. The highest BCUT2D eigenvalue weighted by molar-refractivity contribution is 6.31. The maximum Gasteiger partial charge on any atom is 0.246 e. The summed E-state index contributed by atoms with van der Waals surface area (Å²) in [5, 5.41) is 5.36. The average molecular weight is 486 g/mol. The van der Waals surface area contributed by atoms with Crippen LogP contribution in [0.25, 0.3) is 6.08 Å². The molecule has 0 aliphatic carbocycles. The first-order chi connectivity index (χ1) is 16.4. The Bertz CT molecular complexity index is 1050. The molecule has 0 saturated carbocycles. The summed E-state index contributed by atoms with van der Waals surface area (Å²) < 4.78 is 7.24. The Kier molecular flexibility index (Phi) is 8.03. The summed E-state index contributed by atoms with van der Waals surface area (Å²) in [6.07, 6.45) is 3.49. The zero-order valence-corrected chi connectivity index (χ0v) is 20.6. The largest absolute Gasteiger partial charge is 0.378 e. The van der Waals surface area contributed by atoms with Crippen molar-refractivity contribution in [1.29, 1.82) is 0 Å². The molecular formula is C25H32ClN5O3. The number of hydrogen-bond donors (Lipinski definition) is 0. The Morgan fingerprint density at radius 3 is 2.44 bits per heavy atom. The number of piperazine rings is 1. The SMILES string of the molecule is Cc1nn(Cc2ccccc2Cl)c(C)c1C=CC(=O)N1CCN(CC(=O)N2CCOCC2)CC1. The number of benzene rings is 1. The van der Waals surface area contributed by atoms with Gasteiger partial charge >= 0.3 is 0 Å². The molecule has 0 radical (unpaired) electrons. The van der Waals surface area contributed by atoms with E-state index in [-0.39, 0.29) is 11.8 Å². The Hall–Kier alpha value is -2.68. The Morgan fingerprint density at radius 2 is 1.74 bits per heavy atom. The fourth-order valence-corrected chi connectivity index (χ4v) is 4.58. The smallest absolute Gasteiger partial charge is 0.246 e. The van der Waals surface area contributed by atoms with Crippen LogP contribution in [0.2, 0.25) is 5.02 Å². The van der Waals surface area contributed by atoms with Gasteiger partial charge < -0.3 is 14.5 Å².